The van der Waals surface area contributed by atoms with E-state index in [0.717, 1.165) is 5.70 Å². The molecule has 10 heavy (non-hydrogen) atoms. The van der Waals surface area contributed by atoms with Crippen molar-refractivity contribution < 1.29 is 4.74 Å². The lowest BCUT2D eigenvalue weighted by atomic mass is 10.4. The van der Waals surface area contributed by atoms with Gasteiger partial charge in [0.25, 0.3) is 0 Å². The van der Waals surface area contributed by atoms with E-state index < -0.39 is 0 Å². The van der Waals surface area contributed by atoms with Gasteiger partial charge in [-0.1, -0.05) is 0 Å². The summed E-state index contributed by atoms with van der Waals surface area (Å²) in [4.78, 5) is 5.86. The molecule has 0 aromatic heterocycles. The lowest BCUT2D eigenvalue weighted by molar-refractivity contribution is 0.361. The first-order valence-corrected chi connectivity index (χ1v) is 2.97. The molecule has 0 spiro atoms. The second kappa shape index (κ2) is 2.02. The molecule has 0 unspecified atom stereocenters. The summed E-state index contributed by atoms with van der Waals surface area (Å²) in [6.07, 6.45) is 10.4. The van der Waals surface area contributed by atoms with Gasteiger partial charge in [0.15, 0.2) is 0 Å². The van der Waals surface area contributed by atoms with Gasteiger partial charge < -0.3 is 9.64 Å². The largest absolute Gasteiger partial charge is 0.469 e. The average molecular weight is 134 g/mol. The molecule has 0 fully saturated rings. The van der Waals surface area contributed by atoms with E-state index in [1.165, 1.54) is 0 Å². The zero-order valence-corrected chi connectivity index (χ0v) is 5.27. The number of hydrogen-bond donors (Lipinski definition) is 0. The molecule has 2 aliphatic heterocycles. The third-order valence-corrected chi connectivity index (χ3v) is 1.31. The van der Waals surface area contributed by atoms with Crippen LogP contribution in [0.2, 0.25) is 0 Å². The summed E-state index contributed by atoms with van der Waals surface area (Å²) in [5.74, 6) is 0. The molecule has 0 saturated carbocycles. The first-order valence-electron chi connectivity index (χ1n) is 2.97. The molecule has 2 heterocycles. The predicted octanol–water partition coefficient (Wildman–Crippen LogP) is 1.19. The van der Waals surface area contributed by atoms with Crippen molar-refractivity contribution in [3.63, 3.8) is 0 Å². The van der Waals surface area contributed by atoms with Gasteiger partial charge in [0, 0.05) is 18.6 Å². The maximum atomic E-state index is 4.93. The number of allylic oxidation sites excluding steroid dienone is 1. The molecule has 2 rings (SSSR count). The van der Waals surface area contributed by atoms with Crippen LogP contribution in [0.3, 0.4) is 0 Å². The number of nitrogens with zero attached hydrogens (tertiary/aromatic N) is 2. The second-order valence-electron chi connectivity index (χ2n) is 1.95. The van der Waals surface area contributed by atoms with E-state index in [0.29, 0.717) is 0 Å². The number of aliphatic imine (C=N–C) groups is 1. The Labute approximate surface area is 58.6 Å². The van der Waals surface area contributed by atoms with Crippen LogP contribution in [0.25, 0.3) is 0 Å². The fourth-order valence-corrected chi connectivity index (χ4v) is 0.819. The van der Waals surface area contributed by atoms with Gasteiger partial charge in [-0.3, -0.25) is 4.99 Å². The Hall–Kier alpha value is -1.51. The van der Waals surface area contributed by atoms with Crippen molar-refractivity contribution in [1.82, 2.24) is 4.90 Å². The highest BCUT2D eigenvalue weighted by molar-refractivity contribution is 5.79. The predicted molar refractivity (Wildman–Crippen MR) is 37.8 cm³/mol. The molecule has 0 N–H and O–H groups in total. The van der Waals surface area contributed by atoms with Gasteiger partial charge in [-0.2, -0.15) is 0 Å². The van der Waals surface area contributed by atoms with Gasteiger partial charge in [0.1, 0.15) is 12.5 Å². The fourth-order valence-electron chi connectivity index (χ4n) is 0.819. The van der Waals surface area contributed by atoms with Gasteiger partial charge in [0.2, 0.25) is 0 Å². The maximum Gasteiger partial charge on any atom is 0.116 e. The monoisotopic (exact) mass is 134 g/mol. The van der Waals surface area contributed by atoms with Crippen molar-refractivity contribution in [2.24, 2.45) is 4.99 Å². The van der Waals surface area contributed by atoms with E-state index in [2.05, 4.69) is 4.99 Å². The Kier molecular flexibility index (Phi) is 1.07. The molecule has 0 atom stereocenters. The maximum absolute atomic E-state index is 4.93. The SMILES string of the molecule is C1=CN2C=COC=C2C=N1. The highest BCUT2D eigenvalue weighted by Crippen LogP contribution is 2.12. The molecule has 0 aromatic rings. The van der Waals surface area contributed by atoms with Crippen LogP contribution in [0.5, 0.6) is 0 Å². The van der Waals surface area contributed by atoms with Crippen LogP contribution in [0.4, 0.5) is 0 Å². The molecular formula is C7H6N2O. The van der Waals surface area contributed by atoms with Crippen molar-refractivity contribution in [3.05, 3.63) is 36.8 Å². The summed E-state index contributed by atoms with van der Waals surface area (Å²) < 4.78 is 4.93. The molecule has 0 radical (unpaired) electrons. The van der Waals surface area contributed by atoms with Crippen LogP contribution in [0, 0.1) is 0 Å². The van der Waals surface area contributed by atoms with E-state index in [9.17, 15) is 0 Å². The average Bonchev–Trinajstić information content (AvgIpc) is 2.05. The van der Waals surface area contributed by atoms with Crippen LogP contribution in [-0.4, -0.2) is 11.1 Å². The number of ether oxygens (including phenoxy) is 1. The molecule has 0 amide bonds. The Bertz CT molecular complexity index is 250. The van der Waals surface area contributed by atoms with Crippen LogP contribution < -0.4 is 0 Å². The molecular weight excluding hydrogens is 128 g/mol. The Balaban J connectivity index is 2.33. The third kappa shape index (κ3) is 0.719. The minimum absolute atomic E-state index is 0.949. The van der Waals surface area contributed by atoms with Crippen molar-refractivity contribution in [3.8, 4) is 0 Å². The third-order valence-electron chi connectivity index (χ3n) is 1.31. The van der Waals surface area contributed by atoms with Crippen LogP contribution in [0.1, 0.15) is 0 Å². The van der Waals surface area contributed by atoms with Gasteiger partial charge in [0.05, 0.1) is 11.9 Å². The highest BCUT2D eigenvalue weighted by atomic mass is 16.5. The van der Waals surface area contributed by atoms with E-state index in [1.807, 2.05) is 17.3 Å². The molecule has 0 aliphatic carbocycles. The van der Waals surface area contributed by atoms with E-state index in [4.69, 9.17) is 4.74 Å². The fraction of sp³-hybridized carbons (Fsp3) is 0. The first-order chi connectivity index (χ1) is 4.97. The molecule has 0 saturated heterocycles. The Morgan fingerprint density at radius 2 is 2.40 bits per heavy atom. The summed E-state index contributed by atoms with van der Waals surface area (Å²) in [5, 5.41) is 0. The normalized spacial score (nSPS) is 20.0. The number of fused-ring (bicyclic) bond motifs is 1. The van der Waals surface area contributed by atoms with Gasteiger partial charge in [-0.05, 0) is 0 Å². The van der Waals surface area contributed by atoms with E-state index >= 15 is 0 Å². The summed E-state index contributed by atoms with van der Waals surface area (Å²) in [5.41, 5.74) is 0.949. The van der Waals surface area contributed by atoms with Crippen molar-refractivity contribution in [2.75, 3.05) is 0 Å². The van der Waals surface area contributed by atoms with Crippen LogP contribution in [0.15, 0.2) is 41.8 Å². The van der Waals surface area contributed by atoms with Crippen molar-refractivity contribution in [1.29, 1.82) is 0 Å². The second-order valence-corrected chi connectivity index (χ2v) is 1.95. The van der Waals surface area contributed by atoms with E-state index in [1.54, 1.807) is 24.9 Å². The van der Waals surface area contributed by atoms with Gasteiger partial charge in [-0.25, -0.2) is 0 Å². The quantitative estimate of drug-likeness (QED) is 0.497. The zero-order valence-electron chi connectivity index (χ0n) is 5.27. The zero-order chi connectivity index (χ0) is 6.81. The molecule has 0 bridgehead atoms. The van der Waals surface area contributed by atoms with Crippen molar-refractivity contribution in [2.45, 2.75) is 0 Å². The molecule has 0 aromatic carbocycles. The highest BCUT2D eigenvalue weighted by Gasteiger charge is 2.06. The van der Waals surface area contributed by atoms with Crippen LogP contribution >= 0.6 is 0 Å². The molecule has 3 heteroatoms. The van der Waals surface area contributed by atoms with Crippen molar-refractivity contribution >= 4 is 6.21 Å². The number of hydrogen-bond acceptors (Lipinski definition) is 3. The summed E-state index contributed by atoms with van der Waals surface area (Å²) in [6.45, 7) is 0. The number of rotatable bonds is 0. The lowest BCUT2D eigenvalue weighted by Crippen LogP contribution is -2.15. The lowest BCUT2D eigenvalue weighted by Gasteiger charge is -2.19. The topological polar surface area (TPSA) is 24.8 Å². The summed E-state index contributed by atoms with van der Waals surface area (Å²) >= 11 is 0. The Morgan fingerprint density at radius 3 is 3.30 bits per heavy atom. The summed E-state index contributed by atoms with van der Waals surface area (Å²) in [7, 11) is 0. The standard InChI is InChI=1S/C7H6N2O/c1-2-9-3-4-10-6-7(9)5-8-1/h1-6H. The first kappa shape index (κ1) is 5.29. The minimum Gasteiger partial charge on any atom is -0.469 e. The van der Waals surface area contributed by atoms with Gasteiger partial charge in [-0.15, -0.1) is 0 Å². The van der Waals surface area contributed by atoms with Crippen LogP contribution in [-0.2, 0) is 4.74 Å². The Morgan fingerprint density at radius 1 is 1.40 bits per heavy atom. The molecule has 3 nitrogen and oxygen atoms in total. The van der Waals surface area contributed by atoms with Gasteiger partial charge >= 0.3 is 0 Å². The summed E-state index contributed by atoms with van der Waals surface area (Å²) in [6, 6.07) is 0. The van der Waals surface area contributed by atoms with E-state index in [-0.39, 0.29) is 0 Å². The smallest absolute Gasteiger partial charge is 0.116 e. The molecule has 50 valence electrons. The minimum atomic E-state index is 0.949. The molecule has 2 aliphatic rings.